The van der Waals surface area contributed by atoms with Gasteiger partial charge >= 0.3 is 0 Å². The Labute approximate surface area is 124 Å². The van der Waals surface area contributed by atoms with Gasteiger partial charge in [-0.2, -0.15) is 5.26 Å². The van der Waals surface area contributed by atoms with Gasteiger partial charge in [0.1, 0.15) is 5.75 Å². The summed E-state index contributed by atoms with van der Waals surface area (Å²) in [6.45, 7) is 5.97. The Bertz CT molecular complexity index is 709. The first-order valence-corrected chi connectivity index (χ1v) is 6.76. The van der Waals surface area contributed by atoms with Gasteiger partial charge in [-0.25, -0.2) is 0 Å². The minimum Gasteiger partial charge on any atom is -0.485 e. The Hall–Kier alpha value is -2.60. The lowest BCUT2D eigenvalue weighted by Gasteiger charge is -2.13. The molecule has 2 rings (SSSR count). The third-order valence-electron chi connectivity index (χ3n) is 3.56. The molecular weight excluding hydrogens is 262 g/mol. The molecule has 21 heavy (non-hydrogen) atoms. The molecule has 0 bridgehead atoms. The van der Waals surface area contributed by atoms with Crippen molar-refractivity contribution in [2.45, 2.75) is 20.8 Å². The number of aryl methyl sites for hydroxylation is 2. The van der Waals surface area contributed by atoms with E-state index in [1.165, 1.54) is 0 Å². The molecule has 0 aromatic heterocycles. The number of carbonyl (C=O) groups is 1. The third-order valence-corrected chi connectivity index (χ3v) is 3.56. The zero-order valence-corrected chi connectivity index (χ0v) is 12.4. The van der Waals surface area contributed by atoms with Crippen LogP contribution in [0, 0.1) is 32.1 Å². The predicted molar refractivity (Wildman–Crippen MR) is 81.6 cm³/mol. The van der Waals surface area contributed by atoms with E-state index in [-0.39, 0.29) is 12.4 Å². The largest absolute Gasteiger partial charge is 0.485 e. The molecule has 0 amide bonds. The molecule has 0 radical (unpaired) electrons. The van der Waals surface area contributed by atoms with E-state index in [0.717, 1.165) is 22.4 Å². The summed E-state index contributed by atoms with van der Waals surface area (Å²) in [6.07, 6.45) is 0. The van der Waals surface area contributed by atoms with E-state index in [4.69, 9.17) is 10.00 Å². The van der Waals surface area contributed by atoms with Crippen LogP contribution >= 0.6 is 0 Å². The van der Waals surface area contributed by atoms with Crippen LogP contribution in [-0.4, -0.2) is 12.4 Å². The average Bonchev–Trinajstić information content (AvgIpc) is 2.51. The summed E-state index contributed by atoms with van der Waals surface area (Å²) in [5.41, 5.74) is 4.31. The molecular formula is C18H17NO2. The van der Waals surface area contributed by atoms with Crippen molar-refractivity contribution in [3.63, 3.8) is 0 Å². The molecule has 0 fully saturated rings. The number of nitrogens with zero attached hydrogens (tertiary/aromatic N) is 1. The van der Waals surface area contributed by atoms with Crippen LogP contribution in [-0.2, 0) is 0 Å². The van der Waals surface area contributed by atoms with Gasteiger partial charge in [0.05, 0.1) is 11.6 Å². The van der Waals surface area contributed by atoms with Crippen LogP contribution in [0.1, 0.15) is 32.6 Å². The standard InChI is InChI=1S/C18H17NO2/c1-12-4-5-13(2)18(14(12)3)21-11-17(20)16-8-6-15(10-19)7-9-16/h4-9H,11H2,1-3H3. The van der Waals surface area contributed by atoms with Gasteiger partial charge < -0.3 is 4.74 Å². The third kappa shape index (κ3) is 3.29. The first-order chi connectivity index (χ1) is 10.0. The quantitative estimate of drug-likeness (QED) is 0.801. The highest BCUT2D eigenvalue weighted by atomic mass is 16.5. The van der Waals surface area contributed by atoms with Crippen molar-refractivity contribution in [2.24, 2.45) is 0 Å². The normalized spacial score (nSPS) is 10.0. The number of benzene rings is 2. The van der Waals surface area contributed by atoms with E-state index in [1.807, 2.05) is 39.0 Å². The maximum Gasteiger partial charge on any atom is 0.200 e. The van der Waals surface area contributed by atoms with Crippen LogP contribution in [0.25, 0.3) is 0 Å². The summed E-state index contributed by atoms with van der Waals surface area (Å²) in [5.74, 6) is 0.678. The van der Waals surface area contributed by atoms with E-state index in [0.29, 0.717) is 11.1 Å². The van der Waals surface area contributed by atoms with E-state index in [1.54, 1.807) is 24.3 Å². The highest BCUT2D eigenvalue weighted by molar-refractivity contribution is 5.97. The van der Waals surface area contributed by atoms with Crippen LogP contribution in [0.15, 0.2) is 36.4 Å². The summed E-state index contributed by atoms with van der Waals surface area (Å²) >= 11 is 0. The van der Waals surface area contributed by atoms with Crippen LogP contribution in [0.5, 0.6) is 5.75 Å². The number of Topliss-reactive ketones (excluding diaryl/α,β-unsaturated/α-hetero) is 1. The molecule has 0 saturated carbocycles. The molecule has 0 saturated heterocycles. The van der Waals surface area contributed by atoms with Gasteiger partial charge in [0.2, 0.25) is 0 Å². The second kappa shape index (κ2) is 6.23. The molecule has 2 aromatic rings. The summed E-state index contributed by atoms with van der Waals surface area (Å²) in [7, 11) is 0. The molecule has 0 aliphatic carbocycles. The van der Waals surface area contributed by atoms with Gasteiger partial charge in [-0.1, -0.05) is 12.1 Å². The molecule has 0 aliphatic heterocycles. The fourth-order valence-electron chi connectivity index (χ4n) is 2.10. The minimum atomic E-state index is -0.0974. The number of ketones is 1. The number of nitriles is 1. The molecule has 106 valence electrons. The molecule has 3 heteroatoms. The minimum absolute atomic E-state index is 0.00294. The maximum atomic E-state index is 12.1. The molecule has 0 atom stereocenters. The molecule has 0 unspecified atom stereocenters. The number of rotatable bonds is 4. The fraction of sp³-hybridized carbons (Fsp3) is 0.222. The predicted octanol–water partition coefficient (Wildman–Crippen LogP) is 3.75. The highest BCUT2D eigenvalue weighted by Gasteiger charge is 2.11. The lowest BCUT2D eigenvalue weighted by atomic mass is 10.1. The van der Waals surface area contributed by atoms with Crippen molar-refractivity contribution < 1.29 is 9.53 Å². The second-order valence-electron chi connectivity index (χ2n) is 5.05. The summed E-state index contributed by atoms with van der Waals surface area (Å²) in [4.78, 5) is 12.1. The zero-order chi connectivity index (χ0) is 15.4. The van der Waals surface area contributed by atoms with E-state index in [2.05, 4.69) is 0 Å². The van der Waals surface area contributed by atoms with Crippen molar-refractivity contribution in [3.8, 4) is 11.8 Å². The van der Waals surface area contributed by atoms with Crippen molar-refractivity contribution in [1.82, 2.24) is 0 Å². The molecule has 0 spiro atoms. The second-order valence-corrected chi connectivity index (χ2v) is 5.05. The van der Waals surface area contributed by atoms with Crippen LogP contribution < -0.4 is 4.74 Å². The topological polar surface area (TPSA) is 50.1 Å². The first kappa shape index (κ1) is 14.8. The van der Waals surface area contributed by atoms with Gasteiger partial charge in [0, 0.05) is 5.56 Å². The molecule has 2 aromatic carbocycles. The Kier molecular flexibility index (Phi) is 4.39. The smallest absolute Gasteiger partial charge is 0.200 e. The van der Waals surface area contributed by atoms with Crippen LogP contribution in [0.4, 0.5) is 0 Å². The maximum absolute atomic E-state index is 12.1. The molecule has 3 nitrogen and oxygen atoms in total. The van der Waals surface area contributed by atoms with Gasteiger partial charge in [-0.15, -0.1) is 0 Å². The highest BCUT2D eigenvalue weighted by Crippen LogP contribution is 2.25. The van der Waals surface area contributed by atoms with Gasteiger partial charge in [-0.3, -0.25) is 4.79 Å². The summed E-state index contributed by atoms with van der Waals surface area (Å²) in [5, 5.41) is 8.75. The average molecular weight is 279 g/mol. The van der Waals surface area contributed by atoms with Gasteiger partial charge in [-0.05, 0) is 61.7 Å². The monoisotopic (exact) mass is 279 g/mol. The van der Waals surface area contributed by atoms with Crippen molar-refractivity contribution in [1.29, 1.82) is 5.26 Å². The Balaban J connectivity index is 2.11. The van der Waals surface area contributed by atoms with E-state index < -0.39 is 0 Å². The molecule has 0 aliphatic rings. The van der Waals surface area contributed by atoms with Crippen molar-refractivity contribution in [3.05, 3.63) is 64.2 Å². The van der Waals surface area contributed by atoms with Crippen molar-refractivity contribution in [2.75, 3.05) is 6.61 Å². The lowest BCUT2D eigenvalue weighted by molar-refractivity contribution is 0.0920. The fourth-order valence-corrected chi connectivity index (χ4v) is 2.10. The molecule has 0 heterocycles. The van der Waals surface area contributed by atoms with Gasteiger partial charge in [0.25, 0.3) is 0 Å². The first-order valence-electron chi connectivity index (χ1n) is 6.76. The Morgan fingerprint density at radius 2 is 1.67 bits per heavy atom. The lowest BCUT2D eigenvalue weighted by Crippen LogP contribution is -2.13. The van der Waals surface area contributed by atoms with Crippen LogP contribution in [0.2, 0.25) is 0 Å². The summed E-state index contributed by atoms with van der Waals surface area (Å²) < 4.78 is 5.71. The van der Waals surface area contributed by atoms with E-state index in [9.17, 15) is 4.79 Å². The van der Waals surface area contributed by atoms with Crippen molar-refractivity contribution >= 4 is 5.78 Å². The number of ether oxygens (including phenoxy) is 1. The van der Waals surface area contributed by atoms with Gasteiger partial charge in [0.15, 0.2) is 12.4 Å². The van der Waals surface area contributed by atoms with E-state index >= 15 is 0 Å². The van der Waals surface area contributed by atoms with Crippen LogP contribution in [0.3, 0.4) is 0 Å². The Morgan fingerprint density at radius 1 is 1.05 bits per heavy atom. The number of carbonyl (C=O) groups excluding carboxylic acids is 1. The Morgan fingerprint density at radius 3 is 2.29 bits per heavy atom. The molecule has 0 N–H and O–H groups in total. The summed E-state index contributed by atoms with van der Waals surface area (Å²) in [6, 6.07) is 12.6. The number of hydrogen-bond acceptors (Lipinski definition) is 3. The zero-order valence-electron chi connectivity index (χ0n) is 12.4. The SMILES string of the molecule is Cc1ccc(C)c(OCC(=O)c2ccc(C#N)cc2)c1C. The number of hydrogen-bond donors (Lipinski definition) is 0.